The number of hydrogen-bond acceptors (Lipinski definition) is 7. The van der Waals surface area contributed by atoms with Gasteiger partial charge in [0.25, 0.3) is 0 Å². The number of nitrogens with two attached hydrogens (primary N) is 1. The Bertz CT molecular complexity index is 1350. The number of benzene rings is 1. The highest BCUT2D eigenvalue weighted by atomic mass is 19.4. The Morgan fingerprint density at radius 1 is 1.17 bits per heavy atom. The van der Waals surface area contributed by atoms with Gasteiger partial charge in [0.15, 0.2) is 5.82 Å². The van der Waals surface area contributed by atoms with Gasteiger partial charge in [0.05, 0.1) is 11.1 Å². The minimum atomic E-state index is -4.40. The lowest BCUT2D eigenvalue weighted by molar-refractivity contribution is -0.137. The highest BCUT2D eigenvalue weighted by Gasteiger charge is 2.37. The molecule has 1 aromatic carbocycles. The molecule has 1 unspecified atom stereocenters. The van der Waals surface area contributed by atoms with E-state index in [-0.39, 0.29) is 30.4 Å². The molecular weight excluding hydrogens is 471 g/mol. The Labute approximate surface area is 206 Å². The molecule has 1 aliphatic rings. The minimum absolute atomic E-state index is 0.00268. The normalized spacial score (nSPS) is 19.9. The number of nitrogens with zero attached hydrogens (tertiary/aromatic N) is 6. The fourth-order valence-electron chi connectivity index (χ4n) is 4.93. The summed E-state index contributed by atoms with van der Waals surface area (Å²) in [6.45, 7) is 5.35. The fraction of sp³-hybridized carbons (Fsp3) is 0.440. The molecule has 0 saturated carbocycles. The van der Waals surface area contributed by atoms with Gasteiger partial charge >= 0.3 is 11.9 Å². The summed E-state index contributed by atoms with van der Waals surface area (Å²) < 4.78 is 40.5. The number of pyridine rings is 1. The number of hydrogen-bond donors (Lipinski definition) is 1. The molecule has 3 atom stereocenters. The maximum absolute atomic E-state index is 13.0. The van der Waals surface area contributed by atoms with E-state index in [1.807, 2.05) is 24.8 Å². The molecular formula is C25H28F3N7O. The van der Waals surface area contributed by atoms with Crippen molar-refractivity contribution in [2.45, 2.75) is 44.6 Å². The lowest BCUT2D eigenvalue weighted by Gasteiger charge is -2.48. The number of aromatic nitrogens is 3. The van der Waals surface area contributed by atoms with Crippen LogP contribution >= 0.6 is 0 Å². The molecule has 190 valence electrons. The van der Waals surface area contributed by atoms with E-state index in [4.69, 9.17) is 5.73 Å². The lowest BCUT2D eigenvalue weighted by atomic mass is 9.97. The van der Waals surface area contributed by atoms with Crippen molar-refractivity contribution in [2.24, 2.45) is 12.8 Å². The van der Waals surface area contributed by atoms with Gasteiger partial charge in [-0.1, -0.05) is 19.1 Å². The van der Waals surface area contributed by atoms with Crippen molar-refractivity contribution >= 4 is 16.9 Å². The van der Waals surface area contributed by atoms with Crippen LogP contribution < -0.4 is 16.3 Å². The Hall–Kier alpha value is -3.49. The predicted molar refractivity (Wildman–Crippen MR) is 130 cm³/mol. The molecule has 8 nitrogen and oxygen atoms in total. The van der Waals surface area contributed by atoms with Crippen LogP contribution in [0.1, 0.15) is 43.1 Å². The van der Waals surface area contributed by atoms with E-state index < -0.39 is 17.4 Å². The van der Waals surface area contributed by atoms with Crippen molar-refractivity contribution in [3.63, 3.8) is 0 Å². The monoisotopic (exact) mass is 499 g/mol. The van der Waals surface area contributed by atoms with Crippen LogP contribution in [0.2, 0.25) is 0 Å². The molecule has 1 fully saturated rings. The second kappa shape index (κ2) is 9.87. The zero-order valence-corrected chi connectivity index (χ0v) is 20.3. The molecule has 0 amide bonds. The third kappa shape index (κ3) is 4.66. The van der Waals surface area contributed by atoms with E-state index in [1.54, 1.807) is 19.2 Å². The first kappa shape index (κ1) is 25.6. The van der Waals surface area contributed by atoms with Gasteiger partial charge in [-0.2, -0.15) is 23.4 Å². The first-order chi connectivity index (χ1) is 17.1. The summed E-state index contributed by atoms with van der Waals surface area (Å²) in [4.78, 5) is 25.7. The summed E-state index contributed by atoms with van der Waals surface area (Å²) in [6.07, 6.45) is -3.65. The van der Waals surface area contributed by atoms with Crippen LogP contribution in [0, 0.1) is 11.3 Å². The Kier molecular flexibility index (Phi) is 7.02. The van der Waals surface area contributed by atoms with Gasteiger partial charge in [-0.3, -0.25) is 9.47 Å². The van der Waals surface area contributed by atoms with Gasteiger partial charge in [0.1, 0.15) is 17.3 Å². The summed E-state index contributed by atoms with van der Waals surface area (Å²) in [6, 6.07) is 10.1. The van der Waals surface area contributed by atoms with Crippen LogP contribution in [0.5, 0.6) is 0 Å². The zero-order valence-electron chi connectivity index (χ0n) is 20.3. The molecule has 0 radical (unpaired) electrons. The molecule has 3 heterocycles. The van der Waals surface area contributed by atoms with E-state index in [1.165, 1.54) is 16.7 Å². The third-order valence-electron chi connectivity index (χ3n) is 6.92. The van der Waals surface area contributed by atoms with Gasteiger partial charge in [-0.15, -0.1) is 0 Å². The maximum atomic E-state index is 13.0. The minimum Gasteiger partial charge on any atom is -0.349 e. The molecule has 0 aliphatic carbocycles. The van der Waals surface area contributed by atoms with Crippen molar-refractivity contribution in [3.05, 3.63) is 63.7 Å². The standard InChI is InChI=1S/C25H28F3N7O/c1-4-19-14-34(23-22-20(33(3)24(36)32-23)10-9-18(11-29)31-22)15(2)13-35(19)21(12-30)16-5-7-17(8-6-16)25(26,27)28/h5-10,15,19,21H,4,12-14,30H2,1-3H3/t15-,19+,21?/m0/s1. The molecule has 0 bridgehead atoms. The second-order valence-corrected chi connectivity index (χ2v) is 9.08. The van der Waals surface area contributed by atoms with Crippen molar-refractivity contribution in [2.75, 3.05) is 24.5 Å². The quantitative estimate of drug-likeness (QED) is 0.575. The van der Waals surface area contributed by atoms with Crippen molar-refractivity contribution in [1.29, 1.82) is 5.26 Å². The van der Waals surface area contributed by atoms with Gasteiger partial charge in [-0.05, 0) is 43.2 Å². The Balaban J connectivity index is 1.69. The average Bonchev–Trinajstić information content (AvgIpc) is 2.86. The SMILES string of the molecule is CC[C@@H]1CN(c2nc(=O)n(C)c3ccc(C#N)nc23)[C@@H](C)CN1C(CN)c1ccc(C(F)(F)F)cc1. The number of rotatable bonds is 5. The summed E-state index contributed by atoms with van der Waals surface area (Å²) in [5, 5.41) is 9.35. The van der Waals surface area contributed by atoms with Gasteiger partial charge in [0, 0.05) is 44.8 Å². The van der Waals surface area contributed by atoms with Crippen molar-refractivity contribution in [1.82, 2.24) is 19.4 Å². The van der Waals surface area contributed by atoms with Crippen molar-refractivity contribution < 1.29 is 13.2 Å². The highest BCUT2D eigenvalue weighted by molar-refractivity contribution is 5.86. The molecule has 2 aromatic heterocycles. The predicted octanol–water partition coefficient (Wildman–Crippen LogP) is 3.21. The Morgan fingerprint density at radius 3 is 2.44 bits per heavy atom. The Morgan fingerprint density at radius 2 is 1.86 bits per heavy atom. The van der Waals surface area contributed by atoms with E-state index >= 15 is 0 Å². The van der Waals surface area contributed by atoms with E-state index in [0.717, 1.165) is 24.1 Å². The maximum Gasteiger partial charge on any atom is 0.416 e. The number of halogens is 3. The number of aryl methyl sites for hydroxylation is 1. The van der Waals surface area contributed by atoms with E-state index in [0.29, 0.717) is 29.9 Å². The molecule has 0 spiro atoms. The van der Waals surface area contributed by atoms with Crippen LogP contribution in [0.4, 0.5) is 19.0 Å². The third-order valence-corrected chi connectivity index (χ3v) is 6.92. The number of alkyl halides is 3. The zero-order chi connectivity index (χ0) is 26.2. The highest BCUT2D eigenvalue weighted by Crippen LogP contribution is 2.34. The van der Waals surface area contributed by atoms with E-state index in [9.17, 15) is 23.2 Å². The largest absolute Gasteiger partial charge is 0.416 e. The van der Waals surface area contributed by atoms with Crippen LogP contribution in [0.15, 0.2) is 41.2 Å². The first-order valence-corrected chi connectivity index (χ1v) is 11.8. The average molecular weight is 500 g/mol. The summed E-state index contributed by atoms with van der Waals surface area (Å²) >= 11 is 0. The van der Waals surface area contributed by atoms with Crippen LogP contribution in [0.3, 0.4) is 0 Å². The summed E-state index contributed by atoms with van der Waals surface area (Å²) in [5.41, 5.74) is 7.03. The first-order valence-electron chi connectivity index (χ1n) is 11.8. The molecule has 1 aliphatic heterocycles. The molecule has 2 N–H and O–H groups in total. The molecule has 4 rings (SSSR count). The summed E-state index contributed by atoms with van der Waals surface area (Å²) in [7, 11) is 1.61. The van der Waals surface area contributed by atoms with Gasteiger partial charge < -0.3 is 10.6 Å². The number of anilines is 1. The number of fused-ring (bicyclic) bond motifs is 1. The number of nitriles is 1. The summed E-state index contributed by atoms with van der Waals surface area (Å²) in [5.74, 6) is 0.426. The molecule has 3 aromatic rings. The number of piperazine rings is 1. The molecule has 36 heavy (non-hydrogen) atoms. The fourth-order valence-corrected chi connectivity index (χ4v) is 4.93. The molecule has 11 heteroatoms. The second-order valence-electron chi connectivity index (χ2n) is 9.08. The van der Waals surface area contributed by atoms with Crippen LogP contribution in [-0.4, -0.2) is 51.2 Å². The van der Waals surface area contributed by atoms with E-state index in [2.05, 4.69) is 14.9 Å². The molecule has 1 saturated heterocycles. The van der Waals surface area contributed by atoms with Crippen molar-refractivity contribution in [3.8, 4) is 6.07 Å². The smallest absolute Gasteiger partial charge is 0.349 e. The van der Waals surface area contributed by atoms with Crippen LogP contribution in [-0.2, 0) is 13.2 Å². The topological polar surface area (TPSA) is 104 Å². The lowest BCUT2D eigenvalue weighted by Crippen LogP contribution is -2.59. The van der Waals surface area contributed by atoms with Crippen LogP contribution in [0.25, 0.3) is 11.0 Å². The van der Waals surface area contributed by atoms with Gasteiger partial charge in [-0.25, -0.2) is 9.78 Å². The van der Waals surface area contributed by atoms with Gasteiger partial charge in [0.2, 0.25) is 0 Å².